The summed E-state index contributed by atoms with van der Waals surface area (Å²) in [4.78, 5) is 22.0. The second-order valence-corrected chi connectivity index (χ2v) is 6.83. The zero-order valence-electron chi connectivity index (χ0n) is 15.4. The molecule has 0 atom stereocenters. The van der Waals surface area contributed by atoms with E-state index in [0.717, 1.165) is 48.6 Å². The first-order valence-electron chi connectivity index (χ1n) is 8.95. The fraction of sp³-hybridized carbons (Fsp3) is 0.350. The minimum absolute atomic E-state index is 0.0734. The van der Waals surface area contributed by atoms with Gasteiger partial charge in [-0.05, 0) is 32.0 Å². The highest BCUT2D eigenvalue weighted by molar-refractivity contribution is 6.06. The van der Waals surface area contributed by atoms with E-state index < -0.39 is 0 Å². The topological polar surface area (TPSA) is 54.3 Å². The SMILES string of the molecule is Cc1cc(C(=O)N2CCN(c3ccccc3)CC2)c2c(C)nn(C)c2n1. The molecule has 0 spiro atoms. The van der Waals surface area contributed by atoms with Gasteiger partial charge in [0.1, 0.15) is 0 Å². The van der Waals surface area contributed by atoms with Gasteiger partial charge in [0.25, 0.3) is 5.91 Å². The van der Waals surface area contributed by atoms with E-state index in [-0.39, 0.29) is 5.91 Å². The first kappa shape index (κ1) is 16.6. The Bertz CT molecular complexity index is 955. The van der Waals surface area contributed by atoms with E-state index in [4.69, 9.17) is 0 Å². The zero-order valence-corrected chi connectivity index (χ0v) is 15.4. The molecule has 1 saturated heterocycles. The molecule has 0 saturated carbocycles. The zero-order chi connectivity index (χ0) is 18.3. The molecule has 1 aliphatic rings. The smallest absolute Gasteiger partial charge is 0.254 e. The number of rotatable bonds is 2. The van der Waals surface area contributed by atoms with Crippen molar-refractivity contribution < 1.29 is 4.79 Å². The molecule has 2 aromatic heterocycles. The van der Waals surface area contributed by atoms with Crippen molar-refractivity contribution in [2.75, 3.05) is 31.1 Å². The second kappa shape index (κ2) is 6.44. The summed E-state index contributed by atoms with van der Waals surface area (Å²) in [5, 5.41) is 5.32. The lowest BCUT2D eigenvalue weighted by Crippen LogP contribution is -2.48. The third-order valence-corrected chi connectivity index (χ3v) is 5.02. The van der Waals surface area contributed by atoms with Crippen LogP contribution in [-0.4, -0.2) is 51.8 Å². The molecule has 1 aromatic carbocycles. The standard InChI is InChI=1S/C20H23N5O/c1-14-13-17(18-15(2)22-23(3)19(18)21-14)20(26)25-11-9-24(10-12-25)16-7-5-4-6-8-16/h4-8,13H,9-12H2,1-3H3. The number of aromatic nitrogens is 3. The van der Waals surface area contributed by atoms with Crippen molar-refractivity contribution >= 4 is 22.6 Å². The lowest BCUT2D eigenvalue weighted by molar-refractivity contribution is 0.0748. The molecule has 1 aliphatic heterocycles. The Balaban J connectivity index is 1.59. The lowest BCUT2D eigenvalue weighted by atomic mass is 10.1. The van der Waals surface area contributed by atoms with Crippen molar-refractivity contribution in [2.45, 2.75) is 13.8 Å². The van der Waals surface area contributed by atoms with E-state index in [1.807, 2.05) is 37.9 Å². The lowest BCUT2D eigenvalue weighted by Gasteiger charge is -2.36. The molecule has 1 amide bonds. The van der Waals surface area contributed by atoms with E-state index in [9.17, 15) is 4.79 Å². The molecule has 6 heteroatoms. The summed E-state index contributed by atoms with van der Waals surface area (Å²) in [5.74, 6) is 0.0734. The number of carbonyl (C=O) groups is 1. The summed E-state index contributed by atoms with van der Waals surface area (Å²) in [7, 11) is 1.87. The average Bonchev–Trinajstić information content (AvgIpc) is 2.95. The van der Waals surface area contributed by atoms with Crippen LogP contribution in [0.25, 0.3) is 11.0 Å². The number of nitrogens with zero attached hydrogens (tertiary/aromatic N) is 5. The number of anilines is 1. The molecule has 3 heterocycles. The molecule has 0 bridgehead atoms. The van der Waals surface area contributed by atoms with Gasteiger partial charge in [-0.3, -0.25) is 9.48 Å². The monoisotopic (exact) mass is 349 g/mol. The van der Waals surface area contributed by atoms with Crippen LogP contribution >= 0.6 is 0 Å². The molecule has 6 nitrogen and oxygen atoms in total. The number of benzene rings is 1. The molecule has 0 unspecified atom stereocenters. The van der Waals surface area contributed by atoms with Crippen molar-refractivity contribution in [3.05, 3.63) is 53.3 Å². The number of amides is 1. The second-order valence-electron chi connectivity index (χ2n) is 6.83. The van der Waals surface area contributed by atoms with E-state index in [1.165, 1.54) is 5.69 Å². The van der Waals surface area contributed by atoms with E-state index in [2.05, 4.69) is 39.2 Å². The molecule has 0 aliphatic carbocycles. The first-order chi connectivity index (χ1) is 12.5. The maximum absolute atomic E-state index is 13.2. The molecule has 134 valence electrons. The first-order valence-corrected chi connectivity index (χ1v) is 8.95. The molecular weight excluding hydrogens is 326 g/mol. The van der Waals surface area contributed by atoms with Crippen LogP contribution in [0.5, 0.6) is 0 Å². The van der Waals surface area contributed by atoms with Crippen molar-refractivity contribution in [2.24, 2.45) is 7.05 Å². The summed E-state index contributed by atoms with van der Waals surface area (Å²) in [6.07, 6.45) is 0. The van der Waals surface area contributed by atoms with Gasteiger partial charge in [-0.25, -0.2) is 4.98 Å². The molecular formula is C20H23N5O. The Morgan fingerprint density at radius 1 is 1.04 bits per heavy atom. The summed E-state index contributed by atoms with van der Waals surface area (Å²) >= 11 is 0. The predicted molar refractivity (Wildman–Crippen MR) is 103 cm³/mol. The summed E-state index contributed by atoms with van der Waals surface area (Å²) in [6.45, 7) is 6.98. The third kappa shape index (κ3) is 2.81. The number of aryl methyl sites for hydroxylation is 3. The Labute approximate surface area is 153 Å². The number of fused-ring (bicyclic) bond motifs is 1. The third-order valence-electron chi connectivity index (χ3n) is 5.02. The molecule has 26 heavy (non-hydrogen) atoms. The van der Waals surface area contributed by atoms with Crippen LogP contribution in [0, 0.1) is 13.8 Å². The predicted octanol–water partition coefficient (Wildman–Crippen LogP) is 2.55. The van der Waals surface area contributed by atoms with Crippen LogP contribution < -0.4 is 4.90 Å². The van der Waals surface area contributed by atoms with Crippen LogP contribution in [0.2, 0.25) is 0 Å². The molecule has 0 N–H and O–H groups in total. The maximum Gasteiger partial charge on any atom is 0.254 e. The Morgan fingerprint density at radius 2 is 1.73 bits per heavy atom. The molecule has 0 radical (unpaired) electrons. The van der Waals surface area contributed by atoms with E-state index in [0.29, 0.717) is 5.56 Å². The van der Waals surface area contributed by atoms with Gasteiger partial charge in [-0.2, -0.15) is 5.10 Å². The number of carbonyl (C=O) groups excluding carboxylic acids is 1. The number of hydrogen-bond donors (Lipinski definition) is 0. The highest BCUT2D eigenvalue weighted by Gasteiger charge is 2.25. The Morgan fingerprint density at radius 3 is 2.42 bits per heavy atom. The Kier molecular flexibility index (Phi) is 4.11. The Hall–Kier alpha value is -2.89. The van der Waals surface area contributed by atoms with E-state index >= 15 is 0 Å². The largest absolute Gasteiger partial charge is 0.368 e. The van der Waals surface area contributed by atoms with Crippen LogP contribution in [-0.2, 0) is 7.05 Å². The van der Waals surface area contributed by atoms with Gasteiger partial charge in [0, 0.05) is 44.6 Å². The van der Waals surface area contributed by atoms with Crippen LogP contribution in [0.3, 0.4) is 0 Å². The number of piperazine rings is 1. The fourth-order valence-electron chi connectivity index (χ4n) is 3.72. The molecule has 3 aromatic rings. The van der Waals surface area contributed by atoms with Gasteiger partial charge in [0.15, 0.2) is 5.65 Å². The highest BCUT2D eigenvalue weighted by atomic mass is 16.2. The maximum atomic E-state index is 13.2. The number of para-hydroxylation sites is 1. The quantitative estimate of drug-likeness (QED) is 0.713. The van der Waals surface area contributed by atoms with Crippen LogP contribution in [0.15, 0.2) is 36.4 Å². The molecule has 1 fully saturated rings. The van der Waals surface area contributed by atoms with Crippen LogP contribution in [0.4, 0.5) is 5.69 Å². The van der Waals surface area contributed by atoms with Crippen molar-refractivity contribution in [1.29, 1.82) is 0 Å². The average molecular weight is 349 g/mol. The van der Waals surface area contributed by atoms with Crippen molar-refractivity contribution in [3.8, 4) is 0 Å². The van der Waals surface area contributed by atoms with Crippen LogP contribution in [0.1, 0.15) is 21.7 Å². The summed E-state index contributed by atoms with van der Waals surface area (Å²) in [6, 6.07) is 12.3. The number of pyridine rings is 1. The highest BCUT2D eigenvalue weighted by Crippen LogP contribution is 2.24. The number of hydrogen-bond acceptors (Lipinski definition) is 4. The molecule has 4 rings (SSSR count). The van der Waals surface area contributed by atoms with Gasteiger partial charge in [-0.15, -0.1) is 0 Å². The van der Waals surface area contributed by atoms with Gasteiger partial charge in [0.2, 0.25) is 0 Å². The van der Waals surface area contributed by atoms with Crippen molar-refractivity contribution in [3.63, 3.8) is 0 Å². The van der Waals surface area contributed by atoms with Crippen molar-refractivity contribution in [1.82, 2.24) is 19.7 Å². The van der Waals surface area contributed by atoms with Gasteiger partial charge >= 0.3 is 0 Å². The summed E-state index contributed by atoms with van der Waals surface area (Å²) in [5.41, 5.74) is 4.39. The summed E-state index contributed by atoms with van der Waals surface area (Å²) < 4.78 is 1.75. The normalized spacial score (nSPS) is 14.9. The van der Waals surface area contributed by atoms with E-state index in [1.54, 1.807) is 4.68 Å². The minimum atomic E-state index is 0.0734. The van der Waals surface area contributed by atoms with Gasteiger partial charge in [0.05, 0.1) is 16.6 Å². The van der Waals surface area contributed by atoms with Gasteiger partial charge in [-0.1, -0.05) is 18.2 Å². The van der Waals surface area contributed by atoms with Gasteiger partial charge < -0.3 is 9.80 Å². The fourth-order valence-corrected chi connectivity index (χ4v) is 3.72. The minimum Gasteiger partial charge on any atom is -0.368 e.